The maximum atomic E-state index is 13.3. The molecule has 0 unspecified atom stereocenters. The Morgan fingerprint density at radius 1 is 1.19 bits per heavy atom. The molecule has 1 aromatic carbocycles. The molecule has 1 amide bonds. The number of rotatable bonds is 7. The number of nitrogens with zero attached hydrogens (tertiary/aromatic N) is 1. The Kier molecular flexibility index (Phi) is 7.24. The van der Waals surface area contributed by atoms with E-state index in [9.17, 15) is 9.18 Å². The highest BCUT2D eigenvalue weighted by molar-refractivity contribution is 5.91. The van der Waals surface area contributed by atoms with Crippen molar-refractivity contribution in [3.05, 3.63) is 47.5 Å². The third-order valence-corrected chi connectivity index (χ3v) is 5.07. The standard InChI is InChI=1S/C21H28FNO4/c22-18-8-6-16(7-9-18)17-14-19(21(25)23-10-2-1-3-11-23)27-20(15-17)26-13-5-4-12-24/h6-9,14,17,20,24H,1-5,10-13,15H2/t17-,20+/m1/s1. The van der Waals surface area contributed by atoms with Gasteiger partial charge in [-0.05, 0) is 55.9 Å². The second-order valence-corrected chi connectivity index (χ2v) is 7.13. The first-order valence-corrected chi connectivity index (χ1v) is 9.83. The first kappa shape index (κ1) is 19.8. The van der Waals surface area contributed by atoms with Gasteiger partial charge in [0.25, 0.3) is 5.91 Å². The summed E-state index contributed by atoms with van der Waals surface area (Å²) in [6.45, 7) is 2.10. The highest BCUT2D eigenvalue weighted by Gasteiger charge is 2.31. The van der Waals surface area contributed by atoms with E-state index in [0.717, 1.165) is 44.3 Å². The van der Waals surface area contributed by atoms with Crippen LogP contribution in [0.1, 0.15) is 50.0 Å². The Bertz CT molecular complexity index is 640. The number of benzene rings is 1. The summed E-state index contributed by atoms with van der Waals surface area (Å²) in [6, 6.07) is 6.35. The molecule has 2 heterocycles. The summed E-state index contributed by atoms with van der Waals surface area (Å²) in [6.07, 6.45) is 6.48. The third-order valence-electron chi connectivity index (χ3n) is 5.07. The van der Waals surface area contributed by atoms with E-state index in [0.29, 0.717) is 25.2 Å². The largest absolute Gasteiger partial charge is 0.459 e. The minimum atomic E-state index is -0.521. The average Bonchev–Trinajstić information content (AvgIpc) is 2.71. The van der Waals surface area contributed by atoms with Crippen LogP contribution in [0.5, 0.6) is 0 Å². The predicted octanol–water partition coefficient (Wildman–Crippen LogP) is 3.34. The van der Waals surface area contributed by atoms with Gasteiger partial charge in [0.1, 0.15) is 5.82 Å². The van der Waals surface area contributed by atoms with Gasteiger partial charge in [0.15, 0.2) is 5.76 Å². The Morgan fingerprint density at radius 2 is 1.93 bits per heavy atom. The van der Waals surface area contributed by atoms with Crippen molar-refractivity contribution in [2.45, 2.75) is 50.7 Å². The number of likely N-dealkylation sites (tertiary alicyclic amines) is 1. The molecule has 5 nitrogen and oxygen atoms in total. The van der Waals surface area contributed by atoms with Gasteiger partial charge < -0.3 is 19.5 Å². The highest BCUT2D eigenvalue weighted by Crippen LogP contribution is 2.32. The first-order valence-electron chi connectivity index (χ1n) is 9.83. The smallest absolute Gasteiger partial charge is 0.288 e. The van der Waals surface area contributed by atoms with Gasteiger partial charge in [-0.3, -0.25) is 4.79 Å². The number of aliphatic hydroxyl groups is 1. The first-order chi connectivity index (χ1) is 13.2. The molecule has 0 saturated carbocycles. The zero-order chi connectivity index (χ0) is 19.1. The van der Waals surface area contributed by atoms with Crippen molar-refractivity contribution in [1.82, 2.24) is 4.90 Å². The lowest BCUT2D eigenvalue weighted by atomic mass is 9.92. The van der Waals surface area contributed by atoms with E-state index >= 15 is 0 Å². The van der Waals surface area contributed by atoms with Gasteiger partial charge in [-0.2, -0.15) is 0 Å². The van der Waals surface area contributed by atoms with Crippen LogP contribution in [0.3, 0.4) is 0 Å². The molecule has 148 valence electrons. The van der Waals surface area contributed by atoms with Crippen molar-refractivity contribution < 1.29 is 23.8 Å². The lowest BCUT2D eigenvalue weighted by molar-refractivity contribution is -0.153. The Morgan fingerprint density at radius 3 is 2.63 bits per heavy atom. The van der Waals surface area contributed by atoms with Gasteiger partial charge >= 0.3 is 0 Å². The Labute approximate surface area is 159 Å². The SMILES string of the molecule is O=C(C1=C[C@@H](c2ccc(F)cc2)C[C@@H](OCCCCO)O1)N1CCCCC1. The van der Waals surface area contributed by atoms with E-state index < -0.39 is 6.29 Å². The summed E-state index contributed by atoms with van der Waals surface area (Å²) in [7, 11) is 0. The second kappa shape index (κ2) is 9.85. The topological polar surface area (TPSA) is 59.0 Å². The van der Waals surface area contributed by atoms with Gasteiger partial charge in [0, 0.05) is 32.0 Å². The maximum Gasteiger partial charge on any atom is 0.288 e. The number of halogens is 1. The third kappa shape index (κ3) is 5.53. The molecule has 0 aromatic heterocycles. The summed E-state index contributed by atoms with van der Waals surface area (Å²) in [4.78, 5) is 14.7. The average molecular weight is 377 g/mol. The number of aliphatic hydroxyl groups excluding tert-OH is 1. The molecule has 6 heteroatoms. The number of piperidine rings is 1. The molecule has 1 fully saturated rings. The summed E-state index contributed by atoms with van der Waals surface area (Å²) in [5.41, 5.74) is 0.938. The van der Waals surface area contributed by atoms with E-state index in [-0.39, 0.29) is 24.2 Å². The molecular weight excluding hydrogens is 349 g/mol. The molecule has 27 heavy (non-hydrogen) atoms. The molecular formula is C21H28FNO4. The van der Waals surface area contributed by atoms with E-state index in [2.05, 4.69) is 0 Å². The van der Waals surface area contributed by atoms with Crippen LogP contribution in [-0.2, 0) is 14.3 Å². The van der Waals surface area contributed by atoms with Gasteiger partial charge in [0.05, 0.1) is 6.61 Å². The number of carbonyl (C=O) groups excluding carboxylic acids is 1. The normalized spacial score (nSPS) is 22.9. The molecule has 0 aliphatic carbocycles. The number of allylic oxidation sites excluding steroid dienone is 1. The Balaban J connectivity index is 1.73. The van der Waals surface area contributed by atoms with Crippen molar-refractivity contribution >= 4 is 5.91 Å². The molecule has 0 spiro atoms. The lowest BCUT2D eigenvalue weighted by Crippen LogP contribution is -2.39. The van der Waals surface area contributed by atoms with Crippen molar-refractivity contribution in [1.29, 1.82) is 0 Å². The number of hydrogen-bond donors (Lipinski definition) is 1. The van der Waals surface area contributed by atoms with Crippen molar-refractivity contribution in [2.24, 2.45) is 0 Å². The van der Waals surface area contributed by atoms with Crippen LogP contribution in [0.2, 0.25) is 0 Å². The molecule has 0 radical (unpaired) electrons. The van der Waals surface area contributed by atoms with Crippen LogP contribution in [0.15, 0.2) is 36.1 Å². The van der Waals surface area contributed by atoms with E-state index in [4.69, 9.17) is 14.6 Å². The van der Waals surface area contributed by atoms with Crippen LogP contribution >= 0.6 is 0 Å². The highest BCUT2D eigenvalue weighted by atomic mass is 19.1. The molecule has 2 aliphatic heterocycles. The maximum absolute atomic E-state index is 13.3. The minimum absolute atomic E-state index is 0.0640. The van der Waals surface area contributed by atoms with E-state index in [1.54, 1.807) is 12.1 Å². The zero-order valence-corrected chi connectivity index (χ0v) is 15.6. The number of hydrogen-bond acceptors (Lipinski definition) is 4. The molecule has 2 aliphatic rings. The fraction of sp³-hybridized carbons (Fsp3) is 0.571. The van der Waals surface area contributed by atoms with Gasteiger partial charge in [-0.15, -0.1) is 0 Å². The van der Waals surface area contributed by atoms with Crippen molar-refractivity contribution in [3.8, 4) is 0 Å². The van der Waals surface area contributed by atoms with Crippen molar-refractivity contribution in [3.63, 3.8) is 0 Å². The molecule has 1 aromatic rings. The van der Waals surface area contributed by atoms with Crippen LogP contribution in [0.25, 0.3) is 0 Å². The van der Waals surface area contributed by atoms with Crippen LogP contribution in [0.4, 0.5) is 4.39 Å². The van der Waals surface area contributed by atoms with Crippen LogP contribution in [0, 0.1) is 5.82 Å². The summed E-state index contributed by atoms with van der Waals surface area (Å²) in [5.74, 6) is -0.114. The van der Waals surface area contributed by atoms with Gasteiger partial charge in [0.2, 0.25) is 6.29 Å². The molecule has 3 rings (SSSR count). The minimum Gasteiger partial charge on any atom is -0.459 e. The number of carbonyl (C=O) groups is 1. The van der Waals surface area contributed by atoms with Gasteiger partial charge in [-0.1, -0.05) is 12.1 Å². The lowest BCUT2D eigenvalue weighted by Gasteiger charge is -2.33. The monoisotopic (exact) mass is 377 g/mol. The quantitative estimate of drug-likeness (QED) is 0.741. The molecule has 1 N–H and O–H groups in total. The summed E-state index contributed by atoms with van der Waals surface area (Å²) < 4.78 is 24.9. The fourth-order valence-corrected chi connectivity index (χ4v) is 3.53. The number of amides is 1. The van der Waals surface area contributed by atoms with Gasteiger partial charge in [-0.25, -0.2) is 4.39 Å². The second-order valence-electron chi connectivity index (χ2n) is 7.13. The number of ether oxygens (including phenoxy) is 2. The zero-order valence-electron chi connectivity index (χ0n) is 15.6. The van der Waals surface area contributed by atoms with Crippen LogP contribution < -0.4 is 0 Å². The summed E-state index contributed by atoms with van der Waals surface area (Å²) in [5, 5.41) is 8.90. The fourth-order valence-electron chi connectivity index (χ4n) is 3.53. The van der Waals surface area contributed by atoms with E-state index in [1.165, 1.54) is 12.1 Å². The molecule has 0 bridgehead atoms. The predicted molar refractivity (Wildman–Crippen MR) is 99.4 cm³/mol. The number of unbranched alkanes of at least 4 members (excludes halogenated alkanes) is 1. The van der Waals surface area contributed by atoms with Crippen molar-refractivity contribution in [2.75, 3.05) is 26.3 Å². The van der Waals surface area contributed by atoms with Crippen LogP contribution in [-0.4, -0.2) is 48.5 Å². The van der Waals surface area contributed by atoms with E-state index in [1.807, 2.05) is 11.0 Å². The molecule has 1 saturated heterocycles. The summed E-state index contributed by atoms with van der Waals surface area (Å²) >= 11 is 0. The molecule has 2 atom stereocenters. The Hall–Kier alpha value is -1.92.